The third kappa shape index (κ3) is 5.76. The first-order valence-corrected chi connectivity index (χ1v) is 6.41. The van der Waals surface area contributed by atoms with Crippen LogP contribution in [0, 0.1) is 5.92 Å². The lowest BCUT2D eigenvalue weighted by Crippen LogP contribution is -2.30. The number of nitrogens with zero attached hydrogens (tertiary/aromatic N) is 2. The molecule has 0 spiro atoms. The van der Waals surface area contributed by atoms with Crippen LogP contribution >= 0.6 is 0 Å². The van der Waals surface area contributed by atoms with E-state index in [0.717, 1.165) is 0 Å². The Morgan fingerprint density at radius 3 is 2.62 bits per heavy atom. The molecule has 0 aromatic carbocycles. The molecular weight excluding hydrogens is 286 g/mol. The third-order valence-corrected chi connectivity index (χ3v) is 2.42. The molecule has 9 heteroatoms. The molecule has 21 heavy (non-hydrogen) atoms. The molecule has 0 saturated carbocycles. The second-order valence-electron chi connectivity index (χ2n) is 4.87. The highest BCUT2D eigenvalue weighted by Gasteiger charge is 2.20. The maximum atomic E-state index is 12.9. The minimum Gasteiger partial charge on any atom is -0.481 e. The van der Waals surface area contributed by atoms with Crippen molar-refractivity contribution in [3.8, 4) is 0 Å². The number of rotatable bonds is 7. The van der Waals surface area contributed by atoms with Crippen LogP contribution in [0.4, 0.5) is 19.3 Å². The number of hydrogen-bond acceptors (Lipinski definition) is 3. The van der Waals surface area contributed by atoms with Gasteiger partial charge in [-0.1, -0.05) is 13.8 Å². The molecule has 0 radical (unpaired) electrons. The third-order valence-electron chi connectivity index (χ3n) is 2.42. The predicted octanol–water partition coefficient (Wildman–Crippen LogP) is 2.07. The topological polar surface area (TPSA) is 96.2 Å². The molecule has 0 unspecified atom stereocenters. The Hall–Kier alpha value is -2.19. The van der Waals surface area contributed by atoms with E-state index >= 15 is 0 Å². The summed E-state index contributed by atoms with van der Waals surface area (Å²) in [6, 6.07) is -0.748. The lowest BCUT2D eigenvalue weighted by atomic mass is 10.2. The van der Waals surface area contributed by atoms with Gasteiger partial charge in [-0.2, -0.15) is 5.10 Å². The summed E-state index contributed by atoms with van der Waals surface area (Å²) in [5, 5.41) is 16.7. The summed E-state index contributed by atoms with van der Waals surface area (Å²) in [6.45, 7) is 4.18. The summed E-state index contributed by atoms with van der Waals surface area (Å²) in [7, 11) is 0. The molecule has 0 saturated heterocycles. The number of nitrogens with one attached hydrogen (secondary N) is 2. The minimum atomic E-state index is -2.81. The van der Waals surface area contributed by atoms with E-state index in [1.807, 2.05) is 13.8 Å². The number of halogens is 2. The number of amides is 2. The van der Waals surface area contributed by atoms with Gasteiger partial charge in [0.05, 0.1) is 12.1 Å². The van der Waals surface area contributed by atoms with E-state index in [9.17, 15) is 18.4 Å². The molecule has 0 aliphatic rings. The van der Waals surface area contributed by atoms with E-state index in [1.165, 1.54) is 10.9 Å². The number of anilines is 1. The molecule has 0 bridgehead atoms. The van der Waals surface area contributed by atoms with Gasteiger partial charge in [0.15, 0.2) is 5.69 Å². The largest absolute Gasteiger partial charge is 0.481 e. The van der Waals surface area contributed by atoms with Gasteiger partial charge < -0.3 is 15.7 Å². The number of hydrogen-bond donors (Lipinski definition) is 3. The van der Waals surface area contributed by atoms with Crippen molar-refractivity contribution < 1.29 is 23.5 Å². The zero-order chi connectivity index (χ0) is 16.0. The smallest absolute Gasteiger partial charge is 0.319 e. The molecule has 1 aromatic heterocycles. The second-order valence-corrected chi connectivity index (χ2v) is 4.87. The fraction of sp³-hybridized carbons (Fsp3) is 0.583. The number of carboxylic acid groups (broad SMARTS) is 1. The number of urea groups is 1. The van der Waals surface area contributed by atoms with E-state index in [1.54, 1.807) is 0 Å². The second kappa shape index (κ2) is 7.55. The van der Waals surface area contributed by atoms with E-state index in [2.05, 4.69) is 15.7 Å². The first-order chi connectivity index (χ1) is 9.79. The Balaban J connectivity index is 2.69. The average molecular weight is 304 g/mol. The van der Waals surface area contributed by atoms with E-state index in [0.29, 0.717) is 6.54 Å². The summed E-state index contributed by atoms with van der Waals surface area (Å²) in [4.78, 5) is 21.8. The van der Waals surface area contributed by atoms with Crippen LogP contribution < -0.4 is 10.6 Å². The zero-order valence-corrected chi connectivity index (χ0v) is 11.8. The zero-order valence-electron chi connectivity index (χ0n) is 11.8. The van der Waals surface area contributed by atoms with Gasteiger partial charge in [0, 0.05) is 19.3 Å². The van der Waals surface area contributed by atoms with Crippen molar-refractivity contribution in [1.29, 1.82) is 0 Å². The molecule has 0 aliphatic carbocycles. The van der Waals surface area contributed by atoms with Gasteiger partial charge in [-0.25, -0.2) is 13.6 Å². The molecule has 3 N–H and O–H groups in total. The summed E-state index contributed by atoms with van der Waals surface area (Å²) >= 11 is 0. The van der Waals surface area contributed by atoms with Crippen LogP contribution in [0.5, 0.6) is 0 Å². The normalized spacial score (nSPS) is 11.0. The van der Waals surface area contributed by atoms with Gasteiger partial charge in [-0.15, -0.1) is 0 Å². The van der Waals surface area contributed by atoms with E-state index in [-0.39, 0.29) is 24.6 Å². The SMILES string of the molecule is CC(C)Cn1cc(NC(=O)NCCC(=O)O)c(C(F)F)n1. The highest BCUT2D eigenvalue weighted by atomic mass is 19.3. The average Bonchev–Trinajstić information content (AvgIpc) is 2.70. The number of carboxylic acids is 1. The summed E-state index contributed by atoms with van der Waals surface area (Å²) in [6.07, 6.45) is -1.73. The summed E-state index contributed by atoms with van der Waals surface area (Å²) < 4.78 is 27.1. The number of carbonyl (C=O) groups excluding carboxylic acids is 1. The van der Waals surface area contributed by atoms with Crippen molar-refractivity contribution in [1.82, 2.24) is 15.1 Å². The monoisotopic (exact) mass is 304 g/mol. The molecule has 1 heterocycles. The Kier molecular flexibility index (Phi) is 6.07. The molecule has 0 aliphatic heterocycles. The predicted molar refractivity (Wildman–Crippen MR) is 71.3 cm³/mol. The van der Waals surface area contributed by atoms with Crippen LogP contribution in [-0.4, -0.2) is 33.4 Å². The first-order valence-electron chi connectivity index (χ1n) is 6.41. The van der Waals surface area contributed by atoms with Gasteiger partial charge in [-0.05, 0) is 5.92 Å². The van der Waals surface area contributed by atoms with Gasteiger partial charge in [0.25, 0.3) is 6.43 Å². The van der Waals surface area contributed by atoms with Crippen LogP contribution in [-0.2, 0) is 11.3 Å². The number of carbonyl (C=O) groups is 2. The van der Waals surface area contributed by atoms with E-state index < -0.39 is 24.1 Å². The fourth-order valence-electron chi connectivity index (χ4n) is 1.61. The van der Waals surface area contributed by atoms with Crippen LogP contribution in [0.1, 0.15) is 32.4 Å². The van der Waals surface area contributed by atoms with Gasteiger partial charge >= 0.3 is 12.0 Å². The molecule has 118 valence electrons. The van der Waals surface area contributed by atoms with E-state index in [4.69, 9.17) is 5.11 Å². The minimum absolute atomic E-state index is 0.0847. The molecule has 0 fully saturated rings. The van der Waals surface area contributed by atoms with Crippen molar-refractivity contribution >= 4 is 17.7 Å². The number of alkyl halides is 2. The molecule has 0 atom stereocenters. The van der Waals surface area contributed by atoms with Crippen molar-refractivity contribution in [2.45, 2.75) is 33.2 Å². The molecule has 1 rings (SSSR count). The number of aromatic nitrogens is 2. The van der Waals surface area contributed by atoms with Crippen LogP contribution in [0.15, 0.2) is 6.20 Å². The molecule has 1 aromatic rings. The molecular formula is C12H18F2N4O3. The fourth-order valence-corrected chi connectivity index (χ4v) is 1.61. The standard InChI is InChI=1S/C12H18F2N4O3/c1-7(2)5-18-6-8(10(17-18)11(13)14)16-12(21)15-4-3-9(19)20/h6-7,11H,3-5H2,1-2H3,(H,19,20)(H2,15,16,21). The maximum absolute atomic E-state index is 12.9. The van der Waals surface area contributed by atoms with Crippen molar-refractivity contribution in [2.24, 2.45) is 5.92 Å². The first kappa shape index (κ1) is 16.9. The van der Waals surface area contributed by atoms with Crippen LogP contribution in [0.25, 0.3) is 0 Å². The van der Waals surface area contributed by atoms with Crippen molar-refractivity contribution in [2.75, 3.05) is 11.9 Å². The Bertz CT molecular complexity index is 503. The van der Waals surface area contributed by atoms with Crippen molar-refractivity contribution in [3.63, 3.8) is 0 Å². The lowest BCUT2D eigenvalue weighted by molar-refractivity contribution is -0.136. The maximum Gasteiger partial charge on any atom is 0.319 e. The summed E-state index contributed by atoms with van der Waals surface area (Å²) in [5.74, 6) is -0.846. The van der Waals surface area contributed by atoms with Crippen LogP contribution in [0.3, 0.4) is 0 Å². The molecule has 2 amide bonds. The van der Waals surface area contributed by atoms with Gasteiger partial charge in [0.2, 0.25) is 0 Å². The molecule has 7 nitrogen and oxygen atoms in total. The highest BCUT2D eigenvalue weighted by Crippen LogP contribution is 2.25. The lowest BCUT2D eigenvalue weighted by Gasteiger charge is -2.06. The summed E-state index contributed by atoms with van der Waals surface area (Å²) in [5.41, 5.74) is -0.595. The van der Waals surface area contributed by atoms with Crippen molar-refractivity contribution in [3.05, 3.63) is 11.9 Å². The highest BCUT2D eigenvalue weighted by molar-refractivity contribution is 5.89. The van der Waals surface area contributed by atoms with Gasteiger partial charge in [0.1, 0.15) is 0 Å². The Morgan fingerprint density at radius 2 is 2.10 bits per heavy atom. The van der Waals surface area contributed by atoms with Gasteiger partial charge in [-0.3, -0.25) is 9.48 Å². The Labute approximate surface area is 120 Å². The van der Waals surface area contributed by atoms with Crippen LogP contribution in [0.2, 0.25) is 0 Å². The Morgan fingerprint density at radius 1 is 1.43 bits per heavy atom. The number of aliphatic carboxylic acids is 1. The quantitative estimate of drug-likeness (QED) is 0.718.